The highest BCUT2D eigenvalue weighted by Gasteiger charge is 2.33. The predicted octanol–water partition coefficient (Wildman–Crippen LogP) is 3.41. The molecule has 4 N–H and O–H groups in total. The summed E-state index contributed by atoms with van der Waals surface area (Å²) in [5, 5.41) is 0. The summed E-state index contributed by atoms with van der Waals surface area (Å²) >= 11 is 0. The molecular weight excluding hydrogens is 248 g/mol. The number of nitrogens with two attached hydrogens (primary N) is 2. The van der Waals surface area contributed by atoms with Gasteiger partial charge in [-0.25, -0.2) is 0 Å². The fourth-order valence-corrected chi connectivity index (χ4v) is 3.65. The Balaban J connectivity index is 1.78. The zero-order valence-electron chi connectivity index (χ0n) is 12.2. The van der Waals surface area contributed by atoms with Crippen LogP contribution in [0.15, 0.2) is 24.3 Å². The zero-order valence-corrected chi connectivity index (χ0v) is 12.2. The Morgan fingerprint density at radius 2 is 1.50 bits per heavy atom. The van der Waals surface area contributed by atoms with E-state index in [1.807, 2.05) is 12.1 Å². The van der Waals surface area contributed by atoms with Crippen molar-refractivity contribution >= 4 is 0 Å². The lowest BCUT2D eigenvalue weighted by Crippen LogP contribution is -2.43. The van der Waals surface area contributed by atoms with Gasteiger partial charge >= 0.3 is 0 Å². The van der Waals surface area contributed by atoms with Crippen molar-refractivity contribution in [2.75, 3.05) is 0 Å². The molecule has 3 nitrogen and oxygen atoms in total. The van der Waals surface area contributed by atoms with E-state index in [-0.39, 0.29) is 5.54 Å². The molecule has 0 atom stereocenters. The van der Waals surface area contributed by atoms with Gasteiger partial charge in [0, 0.05) is 18.4 Å². The number of benzene rings is 1. The van der Waals surface area contributed by atoms with Crippen LogP contribution in [0, 0.1) is 0 Å². The van der Waals surface area contributed by atoms with E-state index in [1.54, 1.807) is 0 Å². The van der Waals surface area contributed by atoms with Crippen LogP contribution in [-0.4, -0.2) is 5.72 Å². The van der Waals surface area contributed by atoms with Gasteiger partial charge in [0.15, 0.2) is 5.72 Å². The number of hydrogen-bond acceptors (Lipinski definition) is 3. The van der Waals surface area contributed by atoms with E-state index in [0.717, 1.165) is 44.3 Å². The van der Waals surface area contributed by atoms with Crippen molar-refractivity contribution in [1.29, 1.82) is 0 Å². The minimum atomic E-state index is -0.465. The second-order valence-electron chi connectivity index (χ2n) is 6.62. The van der Waals surface area contributed by atoms with E-state index in [9.17, 15) is 0 Å². The van der Waals surface area contributed by atoms with Gasteiger partial charge in [-0.05, 0) is 43.4 Å². The maximum atomic E-state index is 6.60. The molecule has 2 fully saturated rings. The van der Waals surface area contributed by atoms with Crippen LogP contribution in [0.25, 0.3) is 0 Å². The van der Waals surface area contributed by atoms with Gasteiger partial charge in [0.25, 0.3) is 0 Å². The van der Waals surface area contributed by atoms with Crippen molar-refractivity contribution in [2.24, 2.45) is 11.5 Å². The van der Waals surface area contributed by atoms with E-state index in [1.165, 1.54) is 24.8 Å². The van der Waals surface area contributed by atoms with Crippen molar-refractivity contribution in [3.8, 4) is 5.75 Å². The molecule has 3 heteroatoms. The highest BCUT2D eigenvalue weighted by molar-refractivity contribution is 5.34. The monoisotopic (exact) mass is 274 g/mol. The van der Waals surface area contributed by atoms with Gasteiger partial charge in [-0.3, -0.25) is 5.73 Å². The van der Waals surface area contributed by atoms with Crippen LogP contribution in [0.3, 0.4) is 0 Å². The van der Waals surface area contributed by atoms with Crippen molar-refractivity contribution in [1.82, 2.24) is 0 Å². The molecule has 2 saturated carbocycles. The molecule has 0 bridgehead atoms. The Labute approximate surface area is 121 Å². The SMILES string of the molecule is NC1(Oc2cccc(C3(N)CCCCC3)c2)CCCC1. The van der Waals surface area contributed by atoms with Crippen molar-refractivity contribution in [3.05, 3.63) is 29.8 Å². The molecule has 1 aromatic rings. The lowest BCUT2D eigenvalue weighted by Gasteiger charge is -2.34. The van der Waals surface area contributed by atoms with Crippen LogP contribution in [0.2, 0.25) is 0 Å². The Bertz CT molecular complexity index is 460. The van der Waals surface area contributed by atoms with E-state index in [2.05, 4.69) is 12.1 Å². The second-order valence-corrected chi connectivity index (χ2v) is 6.62. The topological polar surface area (TPSA) is 61.3 Å². The molecule has 0 heterocycles. The third kappa shape index (κ3) is 2.84. The Morgan fingerprint density at radius 1 is 0.850 bits per heavy atom. The molecule has 0 spiro atoms. The van der Waals surface area contributed by atoms with Gasteiger partial charge in [-0.2, -0.15) is 0 Å². The maximum Gasteiger partial charge on any atom is 0.158 e. The van der Waals surface area contributed by atoms with Crippen molar-refractivity contribution in [3.63, 3.8) is 0 Å². The molecule has 20 heavy (non-hydrogen) atoms. The van der Waals surface area contributed by atoms with Crippen LogP contribution in [-0.2, 0) is 5.54 Å². The predicted molar refractivity (Wildman–Crippen MR) is 81.4 cm³/mol. The van der Waals surface area contributed by atoms with Crippen LogP contribution < -0.4 is 16.2 Å². The molecule has 1 aromatic carbocycles. The Hall–Kier alpha value is -1.06. The zero-order chi connectivity index (χ0) is 14.1. The summed E-state index contributed by atoms with van der Waals surface area (Å²) in [6.45, 7) is 0. The van der Waals surface area contributed by atoms with E-state index >= 15 is 0 Å². The van der Waals surface area contributed by atoms with Crippen LogP contribution in [0.5, 0.6) is 5.75 Å². The van der Waals surface area contributed by atoms with Crippen LogP contribution in [0.4, 0.5) is 0 Å². The van der Waals surface area contributed by atoms with Crippen molar-refractivity contribution < 1.29 is 4.74 Å². The van der Waals surface area contributed by atoms with Gasteiger partial charge in [0.2, 0.25) is 0 Å². The molecule has 0 amide bonds. The molecule has 0 aliphatic heterocycles. The number of ether oxygens (including phenoxy) is 1. The molecular formula is C17H26N2O. The standard InChI is InChI=1S/C17H26N2O/c18-16(9-2-1-3-10-16)14-7-6-8-15(13-14)20-17(19)11-4-5-12-17/h6-8,13H,1-5,9-12,18-19H2. The lowest BCUT2D eigenvalue weighted by molar-refractivity contribution is 0.0831. The van der Waals surface area contributed by atoms with E-state index < -0.39 is 5.72 Å². The molecule has 2 aliphatic carbocycles. The highest BCUT2D eigenvalue weighted by atomic mass is 16.5. The average molecular weight is 274 g/mol. The fourth-order valence-electron chi connectivity index (χ4n) is 3.65. The minimum absolute atomic E-state index is 0.172. The normalized spacial score (nSPS) is 24.5. The van der Waals surface area contributed by atoms with Gasteiger partial charge in [-0.1, -0.05) is 31.4 Å². The van der Waals surface area contributed by atoms with Crippen molar-refractivity contribution in [2.45, 2.75) is 69.1 Å². The Morgan fingerprint density at radius 3 is 2.20 bits per heavy atom. The summed E-state index contributed by atoms with van der Waals surface area (Å²) in [4.78, 5) is 0. The van der Waals surface area contributed by atoms with E-state index in [0.29, 0.717) is 0 Å². The highest BCUT2D eigenvalue weighted by Crippen LogP contribution is 2.37. The fraction of sp³-hybridized carbons (Fsp3) is 0.647. The summed E-state index contributed by atoms with van der Waals surface area (Å²) in [7, 11) is 0. The summed E-state index contributed by atoms with van der Waals surface area (Å²) in [6, 6.07) is 8.29. The largest absolute Gasteiger partial charge is 0.473 e. The van der Waals surface area contributed by atoms with Crippen LogP contribution >= 0.6 is 0 Å². The Kier molecular flexibility index (Phi) is 3.74. The summed E-state index contributed by atoms with van der Waals surface area (Å²) in [5.41, 5.74) is 13.5. The summed E-state index contributed by atoms with van der Waals surface area (Å²) in [5.74, 6) is 0.877. The van der Waals surface area contributed by atoms with Gasteiger partial charge in [-0.15, -0.1) is 0 Å². The van der Waals surface area contributed by atoms with Gasteiger partial charge < -0.3 is 10.5 Å². The average Bonchev–Trinajstić information content (AvgIpc) is 2.86. The van der Waals surface area contributed by atoms with Gasteiger partial charge in [0.05, 0.1) is 0 Å². The number of rotatable bonds is 3. The smallest absolute Gasteiger partial charge is 0.158 e. The molecule has 110 valence electrons. The van der Waals surface area contributed by atoms with Crippen LogP contribution in [0.1, 0.15) is 63.4 Å². The molecule has 0 aromatic heterocycles. The second kappa shape index (κ2) is 5.38. The maximum absolute atomic E-state index is 6.60. The quantitative estimate of drug-likeness (QED) is 0.830. The summed E-state index contributed by atoms with van der Waals surface area (Å²) < 4.78 is 6.06. The third-order valence-corrected chi connectivity index (χ3v) is 4.93. The lowest BCUT2D eigenvalue weighted by atomic mass is 9.77. The molecule has 3 rings (SSSR count). The first-order valence-electron chi connectivity index (χ1n) is 7.97. The number of hydrogen-bond donors (Lipinski definition) is 2. The molecule has 0 unspecified atom stereocenters. The molecule has 2 aliphatic rings. The van der Waals surface area contributed by atoms with Gasteiger partial charge in [0.1, 0.15) is 5.75 Å². The first kappa shape index (κ1) is 13.9. The van der Waals surface area contributed by atoms with E-state index in [4.69, 9.17) is 16.2 Å². The third-order valence-electron chi connectivity index (χ3n) is 4.93. The first-order chi connectivity index (χ1) is 9.60. The molecule has 0 radical (unpaired) electrons. The first-order valence-corrected chi connectivity index (χ1v) is 7.97. The minimum Gasteiger partial charge on any atom is -0.473 e. The summed E-state index contributed by atoms with van der Waals surface area (Å²) in [6.07, 6.45) is 10.1. The molecule has 0 saturated heterocycles.